The predicted molar refractivity (Wildman–Crippen MR) is 127 cm³/mol. The SMILES string of the molecule is CC(=O)Oc1cc(C=CC2(NC(=O)O)C(=O)N(C)C(=O)N(c3ccccc3)C2N)cc(OC(C)=O)c1. The van der Waals surface area contributed by atoms with Crippen molar-refractivity contribution in [1.82, 2.24) is 10.2 Å². The fraction of sp³-hybridized carbons (Fsp3) is 0.208. The molecule has 4 N–H and O–H groups in total. The van der Waals surface area contributed by atoms with Crippen LogP contribution in [0.2, 0.25) is 0 Å². The van der Waals surface area contributed by atoms with E-state index in [0.29, 0.717) is 5.69 Å². The van der Waals surface area contributed by atoms with Crippen LogP contribution in [0.1, 0.15) is 19.4 Å². The minimum atomic E-state index is -2.11. The molecule has 3 rings (SSSR count). The fourth-order valence-electron chi connectivity index (χ4n) is 3.72. The van der Waals surface area contributed by atoms with E-state index in [1.165, 1.54) is 51.2 Å². The van der Waals surface area contributed by atoms with E-state index in [1.54, 1.807) is 30.3 Å². The summed E-state index contributed by atoms with van der Waals surface area (Å²) in [7, 11) is 1.21. The van der Waals surface area contributed by atoms with Crippen LogP contribution in [-0.2, 0) is 14.4 Å². The number of anilines is 1. The van der Waals surface area contributed by atoms with Crippen LogP contribution in [0.3, 0.4) is 0 Å². The molecule has 1 heterocycles. The second-order valence-electron chi connectivity index (χ2n) is 7.85. The number of carbonyl (C=O) groups excluding carboxylic acids is 4. The molecule has 0 spiro atoms. The Morgan fingerprint density at radius 3 is 2.08 bits per heavy atom. The van der Waals surface area contributed by atoms with Gasteiger partial charge in [0.2, 0.25) is 0 Å². The highest BCUT2D eigenvalue weighted by Crippen LogP contribution is 2.31. The van der Waals surface area contributed by atoms with E-state index in [2.05, 4.69) is 5.32 Å². The summed E-state index contributed by atoms with van der Waals surface area (Å²) in [5, 5.41) is 11.7. The molecule has 0 bridgehead atoms. The van der Waals surface area contributed by atoms with Gasteiger partial charge in [-0.25, -0.2) is 9.59 Å². The third-order valence-electron chi connectivity index (χ3n) is 5.21. The average molecular weight is 496 g/mol. The summed E-state index contributed by atoms with van der Waals surface area (Å²) >= 11 is 0. The Balaban J connectivity index is 2.13. The summed E-state index contributed by atoms with van der Waals surface area (Å²) < 4.78 is 10.2. The van der Waals surface area contributed by atoms with E-state index in [1.807, 2.05) is 0 Å². The molecule has 188 valence electrons. The van der Waals surface area contributed by atoms with Crippen LogP contribution in [-0.4, -0.2) is 58.7 Å². The lowest BCUT2D eigenvalue weighted by atomic mass is 9.89. The Bertz CT molecular complexity index is 1210. The molecule has 2 aromatic rings. The van der Waals surface area contributed by atoms with Crippen LogP contribution >= 0.6 is 0 Å². The molecular weight excluding hydrogens is 472 g/mol. The number of para-hydroxylation sites is 1. The number of hydrogen-bond acceptors (Lipinski definition) is 8. The summed E-state index contributed by atoms with van der Waals surface area (Å²) in [5.41, 5.74) is 4.89. The van der Waals surface area contributed by atoms with Crippen LogP contribution in [0.5, 0.6) is 11.5 Å². The molecule has 1 fully saturated rings. The molecular formula is C24H24N4O8. The molecule has 0 radical (unpaired) electrons. The molecule has 0 aromatic heterocycles. The highest BCUT2D eigenvalue weighted by atomic mass is 16.5. The number of carbonyl (C=O) groups is 5. The van der Waals surface area contributed by atoms with E-state index >= 15 is 0 Å². The van der Waals surface area contributed by atoms with Gasteiger partial charge in [0, 0.05) is 32.6 Å². The van der Waals surface area contributed by atoms with Crippen molar-refractivity contribution in [1.29, 1.82) is 0 Å². The topological polar surface area (TPSA) is 169 Å². The first-order valence-corrected chi connectivity index (χ1v) is 10.6. The molecule has 36 heavy (non-hydrogen) atoms. The van der Waals surface area contributed by atoms with Gasteiger partial charge in [0.15, 0.2) is 5.54 Å². The lowest BCUT2D eigenvalue weighted by Crippen LogP contribution is -2.78. The average Bonchev–Trinajstić information content (AvgIpc) is 2.79. The Morgan fingerprint density at radius 1 is 1.03 bits per heavy atom. The zero-order chi connectivity index (χ0) is 26.6. The standard InChI is InChI=1S/C24H24N4O8/c1-14(29)35-18-11-16(12-19(13-18)36-15(2)30)9-10-24(26-22(32)33)20(25)28(17-7-5-4-6-8-17)23(34)27(3)21(24)31/h4-13,20,26H,25H2,1-3H3,(H,32,33). The number of benzene rings is 2. The first-order valence-electron chi connectivity index (χ1n) is 10.6. The Labute approximate surface area is 205 Å². The largest absolute Gasteiger partial charge is 0.465 e. The number of ether oxygens (including phenoxy) is 2. The summed E-state index contributed by atoms with van der Waals surface area (Å²) in [6.45, 7) is 2.37. The number of imide groups is 1. The summed E-state index contributed by atoms with van der Waals surface area (Å²) in [4.78, 5) is 62.7. The molecule has 1 aliphatic heterocycles. The van der Waals surface area contributed by atoms with Crippen molar-refractivity contribution >= 4 is 41.7 Å². The molecule has 0 aliphatic carbocycles. The number of urea groups is 1. The smallest absolute Gasteiger partial charge is 0.405 e. The second kappa shape index (κ2) is 10.3. The second-order valence-corrected chi connectivity index (χ2v) is 7.85. The van der Waals surface area contributed by atoms with Gasteiger partial charge in [0.05, 0.1) is 0 Å². The number of rotatable bonds is 6. The van der Waals surface area contributed by atoms with Crippen LogP contribution in [0.4, 0.5) is 15.3 Å². The number of nitrogens with zero attached hydrogens (tertiary/aromatic N) is 2. The van der Waals surface area contributed by atoms with Gasteiger partial charge < -0.3 is 25.6 Å². The quantitative estimate of drug-likeness (QED) is 0.400. The molecule has 4 amide bonds. The predicted octanol–water partition coefficient (Wildman–Crippen LogP) is 1.94. The van der Waals surface area contributed by atoms with Gasteiger partial charge in [-0.2, -0.15) is 0 Å². The van der Waals surface area contributed by atoms with Gasteiger partial charge in [0.25, 0.3) is 5.91 Å². The van der Waals surface area contributed by atoms with E-state index in [0.717, 1.165) is 9.80 Å². The highest BCUT2D eigenvalue weighted by molar-refractivity contribution is 6.12. The molecule has 12 heteroatoms. The maximum Gasteiger partial charge on any atom is 0.405 e. The molecule has 1 aliphatic rings. The van der Waals surface area contributed by atoms with Crippen molar-refractivity contribution in [3.8, 4) is 11.5 Å². The van der Waals surface area contributed by atoms with Crippen LogP contribution in [0.15, 0.2) is 54.6 Å². The van der Waals surface area contributed by atoms with Gasteiger partial charge in [-0.1, -0.05) is 24.3 Å². The summed E-state index contributed by atoms with van der Waals surface area (Å²) in [6, 6.07) is 11.6. The molecule has 2 atom stereocenters. The summed E-state index contributed by atoms with van der Waals surface area (Å²) in [6.07, 6.45) is -0.515. The molecule has 2 aromatic carbocycles. The van der Waals surface area contributed by atoms with E-state index in [4.69, 9.17) is 15.2 Å². The monoisotopic (exact) mass is 496 g/mol. The number of hydrogen-bond donors (Lipinski definition) is 3. The molecule has 0 saturated carbocycles. The third-order valence-corrected chi connectivity index (χ3v) is 5.21. The minimum Gasteiger partial charge on any atom is -0.465 e. The number of esters is 2. The van der Waals surface area contributed by atoms with Gasteiger partial charge >= 0.3 is 24.1 Å². The van der Waals surface area contributed by atoms with Gasteiger partial charge in [-0.15, -0.1) is 0 Å². The van der Waals surface area contributed by atoms with E-state index < -0.39 is 41.7 Å². The van der Waals surface area contributed by atoms with Crippen molar-refractivity contribution in [2.24, 2.45) is 5.73 Å². The van der Waals surface area contributed by atoms with Crippen molar-refractivity contribution in [3.05, 3.63) is 60.2 Å². The molecule has 2 unspecified atom stereocenters. The van der Waals surface area contributed by atoms with Gasteiger partial charge in [-0.3, -0.25) is 24.2 Å². The maximum absolute atomic E-state index is 13.3. The Morgan fingerprint density at radius 2 is 1.58 bits per heavy atom. The normalized spacial score (nSPS) is 19.8. The first kappa shape index (κ1) is 25.9. The van der Waals surface area contributed by atoms with E-state index in [-0.39, 0.29) is 17.1 Å². The van der Waals surface area contributed by atoms with Crippen LogP contribution in [0.25, 0.3) is 6.08 Å². The zero-order valence-corrected chi connectivity index (χ0v) is 19.6. The Kier molecular flexibility index (Phi) is 7.39. The first-order chi connectivity index (χ1) is 16.9. The van der Waals surface area contributed by atoms with E-state index in [9.17, 15) is 29.1 Å². The molecule has 1 saturated heterocycles. The Hall–Kier alpha value is -4.71. The number of nitrogens with one attached hydrogen (secondary N) is 1. The highest BCUT2D eigenvalue weighted by Gasteiger charge is 2.55. The van der Waals surface area contributed by atoms with Gasteiger partial charge in [0.1, 0.15) is 17.7 Å². The number of likely N-dealkylation sites (N-methyl/N-ethyl adjacent to an activating group) is 1. The number of nitrogens with two attached hydrogens (primary N) is 1. The van der Waals surface area contributed by atoms with Crippen molar-refractivity contribution in [3.63, 3.8) is 0 Å². The number of amides is 4. The minimum absolute atomic E-state index is 0.0404. The zero-order valence-electron chi connectivity index (χ0n) is 19.6. The fourth-order valence-corrected chi connectivity index (χ4v) is 3.72. The summed E-state index contributed by atoms with van der Waals surface area (Å²) in [5.74, 6) is -2.09. The molecule has 12 nitrogen and oxygen atoms in total. The van der Waals surface area contributed by atoms with Crippen LogP contribution < -0.4 is 25.4 Å². The lowest BCUT2D eigenvalue weighted by Gasteiger charge is -2.47. The van der Waals surface area contributed by atoms with Gasteiger partial charge in [-0.05, 0) is 35.9 Å². The van der Waals surface area contributed by atoms with Crippen molar-refractivity contribution < 1.29 is 38.6 Å². The maximum atomic E-state index is 13.3. The van der Waals surface area contributed by atoms with Crippen LogP contribution in [0, 0.1) is 0 Å². The lowest BCUT2D eigenvalue weighted by molar-refractivity contribution is -0.134. The van der Waals surface area contributed by atoms with Crippen molar-refractivity contribution in [2.75, 3.05) is 11.9 Å². The number of carboxylic acid groups (broad SMARTS) is 1. The van der Waals surface area contributed by atoms with Crippen molar-refractivity contribution in [2.45, 2.75) is 25.6 Å². The third kappa shape index (κ3) is 5.33.